The molecule has 0 fully saturated rings. The van der Waals surface area contributed by atoms with E-state index in [1.807, 2.05) is 30.3 Å². The van der Waals surface area contributed by atoms with Crippen LogP contribution in [0.15, 0.2) is 35.5 Å². The number of aromatic nitrogens is 3. The van der Waals surface area contributed by atoms with Gasteiger partial charge in [-0.2, -0.15) is 0 Å². The molecular formula is C10H10N4OS. The molecule has 1 aromatic heterocycles. The van der Waals surface area contributed by atoms with Crippen LogP contribution in [0.25, 0.3) is 11.4 Å². The van der Waals surface area contributed by atoms with Crippen LogP contribution >= 0.6 is 12.6 Å². The fourth-order valence-corrected chi connectivity index (χ4v) is 1.61. The van der Waals surface area contributed by atoms with Gasteiger partial charge in [-0.05, 0) is 0 Å². The third-order valence-electron chi connectivity index (χ3n) is 2.08. The second kappa shape index (κ2) is 4.36. The number of nitrogens with zero attached hydrogens (tertiary/aromatic N) is 3. The van der Waals surface area contributed by atoms with Crippen LogP contribution in [0.3, 0.4) is 0 Å². The van der Waals surface area contributed by atoms with Crippen molar-refractivity contribution in [1.82, 2.24) is 14.8 Å². The van der Waals surface area contributed by atoms with Crippen molar-refractivity contribution in [2.24, 2.45) is 5.73 Å². The molecule has 2 aromatic rings. The highest BCUT2D eigenvalue weighted by atomic mass is 32.1. The van der Waals surface area contributed by atoms with Gasteiger partial charge < -0.3 is 5.73 Å². The number of primary amides is 1. The van der Waals surface area contributed by atoms with Gasteiger partial charge in [-0.3, -0.25) is 9.36 Å². The lowest BCUT2D eigenvalue weighted by molar-refractivity contribution is -0.118. The molecule has 16 heavy (non-hydrogen) atoms. The van der Waals surface area contributed by atoms with Crippen molar-refractivity contribution >= 4 is 18.5 Å². The van der Waals surface area contributed by atoms with E-state index in [2.05, 4.69) is 22.8 Å². The largest absolute Gasteiger partial charge is 0.368 e. The predicted octanol–water partition coefficient (Wildman–Crippen LogP) is 0.719. The molecule has 0 aliphatic rings. The van der Waals surface area contributed by atoms with Gasteiger partial charge in [0.25, 0.3) is 0 Å². The summed E-state index contributed by atoms with van der Waals surface area (Å²) in [5.41, 5.74) is 6.02. The number of benzene rings is 1. The van der Waals surface area contributed by atoms with E-state index in [0.29, 0.717) is 11.0 Å². The van der Waals surface area contributed by atoms with Gasteiger partial charge in [0, 0.05) is 5.56 Å². The lowest BCUT2D eigenvalue weighted by atomic mass is 10.2. The molecular weight excluding hydrogens is 224 g/mol. The number of hydrogen-bond donors (Lipinski definition) is 2. The average Bonchev–Trinajstić information content (AvgIpc) is 2.61. The molecule has 1 aromatic carbocycles. The van der Waals surface area contributed by atoms with Crippen LogP contribution in [0.4, 0.5) is 0 Å². The van der Waals surface area contributed by atoms with E-state index in [0.717, 1.165) is 5.56 Å². The summed E-state index contributed by atoms with van der Waals surface area (Å²) in [6.45, 7) is 0.0239. The monoisotopic (exact) mass is 234 g/mol. The maximum atomic E-state index is 10.9. The fourth-order valence-electron chi connectivity index (χ4n) is 1.40. The molecule has 1 heterocycles. The minimum absolute atomic E-state index is 0.0239. The zero-order valence-electron chi connectivity index (χ0n) is 8.37. The van der Waals surface area contributed by atoms with Crippen LogP contribution in [-0.4, -0.2) is 20.7 Å². The van der Waals surface area contributed by atoms with Crippen molar-refractivity contribution in [3.8, 4) is 11.4 Å². The molecule has 0 bridgehead atoms. The molecule has 0 atom stereocenters. The Morgan fingerprint density at radius 3 is 2.62 bits per heavy atom. The minimum atomic E-state index is -0.452. The first-order valence-corrected chi connectivity index (χ1v) is 5.09. The molecule has 1 amide bonds. The van der Waals surface area contributed by atoms with Gasteiger partial charge in [-0.1, -0.05) is 30.3 Å². The van der Waals surface area contributed by atoms with E-state index in [1.54, 1.807) is 4.57 Å². The van der Waals surface area contributed by atoms with Crippen molar-refractivity contribution < 1.29 is 4.79 Å². The van der Waals surface area contributed by atoms with Crippen molar-refractivity contribution in [2.45, 2.75) is 11.7 Å². The molecule has 0 spiro atoms. The van der Waals surface area contributed by atoms with E-state index < -0.39 is 5.91 Å². The third kappa shape index (κ3) is 2.06. The Morgan fingerprint density at radius 2 is 2.00 bits per heavy atom. The summed E-state index contributed by atoms with van der Waals surface area (Å²) in [5.74, 6) is 0.136. The lowest BCUT2D eigenvalue weighted by Crippen LogP contribution is -2.19. The van der Waals surface area contributed by atoms with E-state index in [4.69, 9.17) is 5.73 Å². The molecule has 2 rings (SSSR count). The molecule has 6 heteroatoms. The highest BCUT2D eigenvalue weighted by Crippen LogP contribution is 2.18. The van der Waals surface area contributed by atoms with E-state index >= 15 is 0 Å². The minimum Gasteiger partial charge on any atom is -0.368 e. The van der Waals surface area contributed by atoms with Crippen LogP contribution in [0.2, 0.25) is 0 Å². The van der Waals surface area contributed by atoms with E-state index in [9.17, 15) is 4.79 Å². The first-order chi connectivity index (χ1) is 7.68. The Morgan fingerprint density at radius 1 is 1.31 bits per heavy atom. The van der Waals surface area contributed by atoms with Crippen LogP contribution in [-0.2, 0) is 11.3 Å². The molecule has 0 unspecified atom stereocenters. The Kier molecular flexibility index (Phi) is 2.91. The summed E-state index contributed by atoms with van der Waals surface area (Å²) in [5, 5.41) is 8.16. The summed E-state index contributed by atoms with van der Waals surface area (Å²) in [6, 6.07) is 9.44. The third-order valence-corrected chi connectivity index (χ3v) is 2.41. The van der Waals surface area contributed by atoms with E-state index in [-0.39, 0.29) is 6.54 Å². The Bertz CT molecular complexity index is 509. The lowest BCUT2D eigenvalue weighted by Gasteiger charge is -2.05. The quantitative estimate of drug-likeness (QED) is 0.768. The SMILES string of the molecule is NC(=O)Cn1c(S)nnc1-c1ccccc1. The van der Waals surface area contributed by atoms with Crippen LogP contribution in [0, 0.1) is 0 Å². The maximum absolute atomic E-state index is 10.9. The molecule has 5 nitrogen and oxygen atoms in total. The van der Waals surface area contributed by atoms with Crippen molar-refractivity contribution in [1.29, 1.82) is 0 Å². The van der Waals surface area contributed by atoms with Crippen LogP contribution in [0.1, 0.15) is 0 Å². The topological polar surface area (TPSA) is 73.8 Å². The summed E-state index contributed by atoms with van der Waals surface area (Å²) in [4.78, 5) is 10.9. The van der Waals surface area contributed by atoms with Crippen molar-refractivity contribution in [3.05, 3.63) is 30.3 Å². The van der Waals surface area contributed by atoms with E-state index in [1.165, 1.54) is 0 Å². The normalized spacial score (nSPS) is 10.3. The van der Waals surface area contributed by atoms with Crippen molar-refractivity contribution in [2.75, 3.05) is 0 Å². The van der Waals surface area contributed by atoms with Gasteiger partial charge >= 0.3 is 0 Å². The first-order valence-electron chi connectivity index (χ1n) is 4.64. The molecule has 2 N–H and O–H groups in total. The number of nitrogens with two attached hydrogens (primary N) is 1. The number of carbonyl (C=O) groups is 1. The number of amides is 1. The number of rotatable bonds is 3. The van der Waals surface area contributed by atoms with Crippen LogP contribution < -0.4 is 5.73 Å². The zero-order valence-corrected chi connectivity index (χ0v) is 9.26. The number of thiol groups is 1. The van der Waals surface area contributed by atoms with Gasteiger partial charge in [0.05, 0.1) is 0 Å². The molecule has 0 radical (unpaired) electrons. The predicted molar refractivity (Wildman–Crippen MR) is 61.9 cm³/mol. The van der Waals surface area contributed by atoms with Gasteiger partial charge in [-0.25, -0.2) is 0 Å². The first kappa shape index (κ1) is 10.7. The van der Waals surface area contributed by atoms with Gasteiger partial charge in [0.1, 0.15) is 6.54 Å². The highest BCUT2D eigenvalue weighted by molar-refractivity contribution is 7.80. The second-order valence-corrected chi connectivity index (χ2v) is 3.64. The summed E-state index contributed by atoms with van der Waals surface area (Å²) in [6.07, 6.45) is 0. The van der Waals surface area contributed by atoms with Crippen LogP contribution in [0.5, 0.6) is 0 Å². The maximum Gasteiger partial charge on any atom is 0.237 e. The number of carbonyl (C=O) groups excluding carboxylic acids is 1. The fraction of sp³-hybridized carbons (Fsp3) is 0.100. The molecule has 82 valence electrons. The van der Waals surface area contributed by atoms with Gasteiger partial charge in [0.2, 0.25) is 5.91 Å². The summed E-state index contributed by atoms with van der Waals surface area (Å²) < 4.78 is 1.57. The Labute approximate surface area is 97.7 Å². The van der Waals surface area contributed by atoms with Gasteiger partial charge in [0.15, 0.2) is 11.0 Å². The van der Waals surface area contributed by atoms with Crippen molar-refractivity contribution in [3.63, 3.8) is 0 Å². The molecule has 0 saturated heterocycles. The Balaban J connectivity index is 2.46. The summed E-state index contributed by atoms with van der Waals surface area (Å²) >= 11 is 4.13. The molecule has 0 saturated carbocycles. The Hall–Kier alpha value is -1.82. The zero-order chi connectivity index (χ0) is 11.5. The van der Waals surface area contributed by atoms with Gasteiger partial charge in [-0.15, -0.1) is 22.8 Å². The standard InChI is InChI=1S/C10H10N4OS/c11-8(15)6-14-9(12-13-10(14)16)7-4-2-1-3-5-7/h1-5H,6H2,(H2,11,15)(H,13,16). The average molecular weight is 234 g/mol. The summed E-state index contributed by atoms with van der Waals surface area (Å²) in [7, 11) is 0. The smallest absolute Gasteiger partial charge is 0.237 e. The molecule has 0 aliphatic carbocycles. The highest BCUT2D eigenvalue weighted by Gasteiger charge is 2.12. The second-order valence-electron chi connectivity index (χ2n) is 3.24. The molecule has 0 aliphatic heterocycles. The number of hydrogen-bond acceptors (Lipinski definition) is 4.